The summed E-state index contributed by atoms with van der Waals surface area (Å²) in [5.74, 6) is -0.312. The van der Waals surface area contributed by atoms with Crippen molar-refractivity contribution in [1.29, 1.82) is 0 Å². The molecule has 0 fully saturated rings. The predicted octanol–water partition coefficient (Wildman–Crippen LogP) is 0.000200. The number of fused-ring (bicyclic) bond motifs is 1. The van der Waals surface area contributed by atoms with E-state index in [9.17, 15) is 17.8 Å². The molecule has 0 saturated heterocycles. The largest absolute Gasteiger partial charge is 1.00 e. The van der Waals surface area contributed by atoms with E-state index in [1.54, 1.807) is 48.5 Å². The number of carbonyl (C=O) groups excluding carboxylic acids is 1. The molecule has 7 heteroatoms. The first-order valence-corrected chi connectivity index (χ1v) is 8.21. The number of rotatable bonds is 3. The Balaban J connectivity index is 0.00000208. The van der Waals surface area contributed by atoms with E-state index in [2.05, 4.69) is 5.32 Å². The molecule has 5 nitrogen and oxygen atoms in total. The Labute approximate surface area is 161 Å². The molecule has 3 aromatic carbocycles. The van der Waals surface area contributed by atoms with Gasteiger partial charge in [-0.1, -0.05) is 36.4 Å². The van der Waals surface area contributed by atoms with E-state index in [0.29, 0.717) is 16.6 Å². The van der Waals surface area contributed by atoms with Gasteiger partial charge in [-0.3, -0.25) is 4.79 Å². The Morgan fingerprint density at radius 3 is 2.29 bits per heavy atom. The second kappa shape index (κ2) is 7.46. The van der Waals surface area contributed by atoms with Gasteiger partial charge in [-0.25, -0.2) is 8.42 Å². The summed E-state index contributed by atoms with van der Waals surface area (Å²) in [5.41, 5.74) is 0.930. The molecule has 0 saturated carbocycles. The van der Waals surface area contributed by atoms with Crippen molar-refractivity contribution in [3.8, 4) is 0 Å². The molecule has 0 spiro atoms. The molecule has 0 aromatic heterocycles. The Bertz CT molecular complexity index is 988. The average Bonchev–Trinajstić information content (AvgIpc) is 2.54. The van der Waals surface area contributed by atoms with Crippen LogP contribution in [0.5, 0.6) is 0 Å². The summed E-state index contributed by atoms with van der Waals surface area (Å²) >= 11 is 0. The van der Waals surface area contributed by atoms with Crippen LogP contribution in [-0.2, 0) is 10.1 Å². The second-order valence-corrected chi connectivity index (χ2v) is 6.34. The van der Waals surface area contributed by atoms with Crippen molar-refractivity contribution < 1.29 is 47.3 Å². The molecule has 0 aliphatic heterocycles. The first-order chi connectivity index (χ1) is 10.9. The molecule has 116 valence electrons. The zero-order valence-electron chi connectivity index (χ0n) is 12.9. The van der Waals surface area contributed by atoms with E-state index in [1.807, 2.05) is 0 Å². The van der Waals surface area contributed by atoms with Crippen LogP contribution in [0.4, 0.5) is 5.69 Å². The molecule has 1 N–H and O–H groups in total. The third-order valence-corrected chi connectivity index (χ3v) is 4.26. The number of benzene rings is 3. The average molecular weight is 349 g/mol. The van der Waals surface area contributed by atoms with E-state index < -0.39 is 10.1 Å². The molecule has 0 bridgehead atoms. The van der Waals surface area contributed by atoms with Crippen LogP contribution in [-0.4, -0.2) is 18.9 Å². The van der Waals surface area contributed by atoms with Gasteiger partial charge in [0.25, 0.3) is 5.91 Å². The standard InChI is InChI=1S/C17H13NO4S.Na/c19-17(13-5-2-1-3-6-13)18-16-8-4-7-12-9-10-14(11-15(12)16)23(20,21)22;/h1-11H,(H,18,19)(H,20,21,22);/q;+1/p-1. The summed E-state index contributed by atoms with van der Waals surface area (Å²) in [7, 11) is -4.55. The minimum absolute atomic E-state index is 0. The number of nitrogens with one attached hydrogen (secondary N) is 1. The smallest absolute Gasteiger partial charge is 0.744 e. The minimum atomic E-state index is -4.55. The molecular formula is C17H12NNaO4S. The molecule has 24 heavy (non-hydrogen) atoms. The molecule has 3 aromatic rings. The normalized spacial score (nSPS) is 10.9. The van der Waals surface area contributed by atoms with E-state index >= 15 is 0 Å². The van der Waals surface area contributed by atoms with Gasteiger partial charge in [-0.2, -0.15) is 0 Å². The van der Waals surface area contributed by atoms with Gasteiger partial charge in [-0.05, 0) is 35.7 Å². The summed E-state index contributed by atoms with van der Waals surface area (Å²) in [4.78, 5) is 11.9. The van der Waals surface area contributed by atoms with E-state index in [1.165, 1.54) is 18.2 Å². The van der Waals surface area contributed by atoms with Gasteiger partial charge in [0.2, 0.25) is 0 Å². The number of hydrogen-bond donors (Lipinski definition) is 1. The molecular weight excluding hydrogens is 337 g/mol. The summed E-state index contributed by atoms with van der Waals surface area (Å²) in [5, 5.41) is 3.96. The summed E-state index contributed by atoms with van der Waals surface area (Å²) < 4.78 is 33.6. The van der Waals surface area contributed by atoms with Crippen LogP contribution in [0.15, 0.2) is 71.6 Å². The molecule has 0 radical (unpaired) electrons. The van der Waals surface area contributed by atoms with Crippen LogP contribution in [0.3, 0.4) is 0 Å². The molecule has 0 atom stereocenters. The summed E-state index contributed by atoms with van der Waals surface area (Å²) in [6, 6.07) is 17.9. The van der Waals surface area contributed by atoms with Crippen molar-refractivity contribution in [1.82, 2.24) is 0 Å². The number of carbonyl (C=O) groups is 1. The molecule has 1 amide bonds. The van der Waals surface area contributed by atoms with Crippen molar-refractivity contribution >= 4 is 32.5 Å². The first-order valence-electron chi connectivity index (χ1n) is 6.80. The van der Waals surface area contributed by atoms with Crippen molar-refractivity contribution in [3.05, 3.63) is 72.3 Å². The van der Waals surface area contributed by atoms with Gasteiger partial charge >= 0.3 is 29.6 Å². The fourth-order valence-electron chi connectivity index (χ4n) is 2.30. The maximum absolute atomic E-state index is 12.2. The Morgan fingerprint density at radius 1 is 0.917 bits per heavy atom. The SMILES string of the molecule is O=C(Nc1cccc2ccc(S(=O)(=O)[O-])cc12)c1ccccc1.[Na+]. The van der Waals surface area contributed by atoms with Crippen LogP contribution < -0.4 is 34.9 Å². The van der Waals surface area contributed by atoms with Crippen LogP contribution in [0.2, 0.25) is 0 Å². The number of anilines is 1. The third-order valence-electron chi connectivity index (χ3n) is 3.43. The molecule has 3 rings (SSSR count). The fraction of sp³-hybridized carbons (Fsp3) is 0. The van der Waals surface area contributed by atoms with Crippen molar-refractivity contribution in [2.24, 2.45) is 0 Å². The zero-order valence-corrected chi connectivity index (χ0v) is 15.7. The summed E-state index contributed by atoms with van der Waals surface area (Å²) in [6.45, 7) is 0. The number of hydrogen-bond acceptors (Lipinski definition) is 4. The van der Waals surface area contributed by atoms with Gasteiger partial charge in [0.15, 0.2) is 0 Å². The van der Waals surface area contributed by atoms with Crippen LogP contribution in [0.25, 0.3) is 10.8 Å². The van der Waals surface area contributed by atoms with Gasteiger partial charge in [-0.15, -0.1) is 0 Å². The van der Waals surface area contributed by atoms with Crippen LogP contribution >= 0.6 is 0 Å². The van der Waals surface area contributed by atoms with E-state index in [-0.39, 0.29) is 40.4 Å². The fourth-order valence-corrected chi connectivity index (χ4v) is 2.80. The summed E-state index contributed by atoms with van der Waals surface area (Å²) in [6.07, 6.45) is 0. The Morgan fingerprint density at radius 2 is 1.62 bits per heavy atom. The van der Waals surface area contributed by atoms with Crippen molar-refractivity contribution in [2.45, 2.75) is 4.90 Å². The van der Waals surface area contributed by atoms with Crippen molar-refractivity contribution in [3.63, 3.8) is 0 Å². The quantitative estimate of drug-likeness (QED) is 0.533. The van der Waals surface area contributed by atoms with Crippen LogP contribution in [0.1, 0.15) is 10.4 Å². The minimum Gasteiger partial charge on any atom is -0.744 e. The van der Waals surface area contributed by atoms with E-state index in [4.69, 9.17) is 0 Å². The van der Waals surface area contributed by atoms with Gasteiger partial charge in [0.05, 0.1) is 4.90 Å². The third kappa shape index (κ3) is 4.03. The van der Waals surface area contributed by atoms with E-state index in [0.717, 1.165) is 5.39 Å². The second-order valence-electron chi connectivity index (χ2n) is 4.96. The predicted molar refractivity (Wildman–Crippen MR) is 86.3 cm³/mol. The van der Waals surface area contributed by atoms with Gasteiger partial charge in [0, 0.05) is 16.6 Å². The zero-order chi connectivity index (χ0) is 16.4. The Kier molecular flexibility index (Phi) is 5.79. The first kappa shape index (κ1) is 18.6. The molecule has 0 aliphatic rings. The topological polar surface area (TPSA) is 86.3 Å². The maximum atomic E-state index is 12.2. The van der Waals surface area contributed by atoms with Gasteiger partial charge in [0.1, 0.15) is 10.1 Å². The molecule has 0 unspecified atom stereocenters. The monoisotopic (exact) mass is 349 g/mol. The molecule has 0 heterocycles. The maximum Gasteiger partial charge on any atom is 1.00 e. The Hall–Kier alpha value is -1.70. The molecule has 0 aliphatic carbocycles. The van der Waals surface area contributed by atoms with Crippen molar-refractivity contribution in [2.75, 3.05) is 5.32 Å². The number of amides is 1. The van der Waals surface area contributed by atoms with Crippen LogP contribution in [0, 0.1) is 0 Å². The van der Waals surface area contributed by atoms with Gasteiger partial charge < -0.3 is 9.87 Å².